The number of aryl methyl sites for hydroxylation is 2. The molecule has 1 saturated heterocycles. The van der Waals surface area contributed by atoms with Crippen LogP contribution in [0.5, 0.6) is 0 Å². The largest absolute Gasteiger partial charge is 0.393 e. The van der Waals surface area contributed by atoms with E-state index in [1.54, 1.807) is 0 Å². The van der Waals surface area contributed by atoms with Gasteiger partial charge in [0.2, 0.25) is 0 Å². The predicted octanol–water partition coefficient (Wildman–Crippen LogP) is 0.750. The van der Waals surface area contributed by atoms with E-state index in [0.29, 0.717) is 13.2 Å². The molecule has 0 bridgehead atoms. The van der Waals surface area contributed by atoms with Crippen molar-refractivity contribution >= 4 is 0 Å². The number of ether oxygens (including phenoxy) is 1. The monoisotopic (exact) mass is 210 g/mol. The Morgan fingerprint density at radius 2 is 2.53 bits per heavy atom. The summed E-state index contributed by atoms with van der Waals surface area (Å²) in [6, 6.07) is 2.02. The number of aliphatic hydroxyl groups is 1. The maximum absolute atomic E-state index is 9.76. The molecule has 0 aromatic carbocycles. The number of hydrogen-bond acceptors (Lipinski definition) is 3. The lowest BCUT2D eigenvalue weighted by Crippen LogP contribution is -2.32. The van der Waals surface area contributed by atoms with Gasteiger partial charge in [-0.25, -0.2) is 0 Å². The molecule has 2 atom stereocenters. The van der Waals surface area contributed by atoms with Crippen molar-refractivity contribution in [3.8, 4) is 0 Å². The molecule has 15 heavy (non-hydrogen) atoms. The first-order valence-corrected chi connectivity index (χ1v) is 5.50. The van der Waals surface area contributed by atoms with Crippen molar-refractivity contribution in [2.45, 2.75) is 25.4 Å². The summed E-state index contributed by atoms with van der Waals surface area (Å²) in [5, 5.41) is 13.9. The van der Waals surface area contributed by atoms with Crippen molar-refractivity contribution in [2.75, 3.05) is 13.2 Å². The molecule has 1 aromatic heterocycles. The summed E-state index contributed by atoms with van der Waals surface area (Å²) in [6.45, 7) is 1.39. The van der Waals surface area contributed by atoms with Gasteiger partial charge in [-0.2, -0.15) is 5.10 Å². The number of aromatic nitrogens is 2. The molecule has 0 spiro atoms. The Hall–Kier alpha value is -0.870. The van der Waals surface area contributed by atoms with Crippen molar-refractivity contribution in [1.29, 1.82) is 0 Å². The summed E-state index contributed by atoms with van der Waals surface area (Å²) >= 11 is 0. The Morgan fingerprint density at radius 1 is 1.67 bits per heavy atom. The molecule has 1 fully saturated rings. The quantitative estimate of drug-likeness (QED) is 0.801. The van der Waals surface area contributed by atoms with Gasteiger partial charge in [-0.3, -0.25) is 4.68 Å². The van der Waals surface area contributed by atoms with Crippen LogP contribution >= 0.6 is 0 Å². The molecular formula is C11H18N2O2. The topological polar surface area (TPSA) is 47.3 Å². The summed E-state index contributed by atoms with van der Waals surface area (Å²) in [4.78, 5) is 0. The van der Waals surface area contributed by atoms with E-state index in [2.05, 4.69) is 5.10 Å². The van der Waals surface area contributed by atoms with Crippen LogP contribution in [0.3, 0.4) is 0 Å². The highest BCUT2D eigenvalue weighted by atomic mass is 16.5. The molecule has 84 valence electrons. The normalized spacial score (nSPS) is 26.8. The van der Waals surface area contributed by atoms with Gasteiger partial charge < -0.3 is 9.84 Å². The van der Waals surface area contributed by atoms with Crippen molar-refractivity contribution in [3.05, 3.63) is 18.0 Å². The van der Waals surface area contributed by atoms with Crippen LogP contribution in [0, 0.1) is 5.92 Å². The summed E-state index contributed by atoms with van der Waals surface area (Å²) < 4.78 is 7.26. The standard InChI is InChI=1S/C11H18N2O2/c1-13-10(4-6-12-13)3-2-9-8-15-7-5-11(9)14/h4,6,9,11,14H,2-3,5,7-8H2,1H3. The van der Waals surface area contributed by atoms with Gasteiger partial charge in [0.1, 0.15) is 0 Å². The summed E-state index contributed by atoms with van der Waals surface area (Å²) in [6.07, 6.45) is 4.33. The first-order chi connectivity index (χ1) is 7.27. The van der Waals surface area contributed by atoms with E-state index in [9.17, 15) is 5.11 Å². The second-order valence-corrected chi connectivity index (χ2v) is 4.18. The van der Waals surface area contributed by atoms with Crippen LogP contribution in [0.15, 0.2) is 12.3 Å². The molecule has 0 radical (unpaired) electrons. The third kappa shape index (κ3) is 2.58. The molecule has 0 amide bonds. The fourth-order valence-corrected chi connectivity index (χ4v) is 2.04. The molecule has 0 saturated carbocycles. The Balaban J connectivity index is 1.84. The third-order valence-electron chi connectivity index (χ3n) is 3.13. The molecule has 1 aliphatic rings. The van der Waals surface area contributed by atoms with Gasteiger partial charge in [0.15, 0.2) is 0 Å². The van der Waals surface area contributed by atoms with Crippen molar-refractivity contribution < 1.29 is 9.84 Å². The van der Waals surface area contributed by atoms with Crippen LogP contribution in [-0.2, 0) is 18.2 Å². The van der Waals surface area contributed by atoms with E-state index in [-0.39, 0.29) is 12.0 Å². The molecule has 1 aliphatic heterocycles. The van der Waals surface area contributed by atoms with Crippen LogP contribution in [-0.4, -0.2) is 34.2 Å². The lowest BCUT2D eigenvalue weighted by Gasteiger charge is -2.27. The highest BCUT2D eigenvalue weighted by Crippen LogP contribution is 2.19. The molecule has 4 nitrogen and oxygen atoms in total. The Bertz CT molecular complexity index is 311. The van der Waals surface area contributed by atoms with Crippen LogP contribution in [0.25, 0.3) is 0 Å². The van der Waals surface area contributed by atoms with E-state index < -0.39 is 0 Å². The Kier molecular flexibility index (Phi) is 3.38. The van der Waals surface area contributed by atoms with Gasteiger partial charge in [-0.05, 0) is 25.3 Å². The van der Waals surface area contributed by atoms with E-state index in [4.69, 9.17) is 4.74 Å². The van der Waals surface area contributed by atoms with Crippen molar-refractivity contribution in [3.63, 3.8) is 0 Å². The molecular weight excluding hydrogens is 192 g/mol. The first kappa shape index (κ1) is 10.6. The van der Waals surface area contributed by atoms with Gasteiger partial charge in [-0.1, -0.05) is 0 Å². The minimum atomic E-state index is -0.188. The lowest BCUT2D eigenvalue weighted by molar-refractivity contribution is -0.0381. The number of hydrogen-bond donors (Lipinski definition) is 1. The zero-order valence-electron chi connectivity index (χ0n) is 9.09. The maximum Gasteiger partial charge on any atom is 0.0612 e. The minimum Gasteiger partial charge on any atom is -0.393 e. The summed E-state index contributed by atoms with van der Waals surface area (Å²) in [7, 11) is 1.95. The first-order valence-electron chi connectivity index (χ1n) is 5.50. The fourth-order valence-electron chi connectivity index (χ4n) is 2.04. The number of rotatable bonds is 3. The van der Waals surface area contributed by atoms with E-state index in [1.807, 2.05) is 24.0 Å². The maximum atomic E-state index is 9.76. The Labute approximate surface area is 89.9 Å². The van der Waals surface area contributed by atoms with E-state index >= 15 is 0 Å². The molecule has 0 aliphatic carbocycles. The van der Waals surface area contributed by atoms with Gasteiger partial charge >= 0.3 is 0 Å². The molecule has 2 heterocycles. The summed E-state index contributed by atoms with van der Waals surface area (Å²) in [5.74, 6) is 0.286. The SMILES string of the molecule is Cn1nccc1CCC1COCCC1O. The second-order valence-electron chi connectivity index (χ2n) is 4.18. The zero-order chi connectivity index (χ0) is 10.7. The molecule has 4 heteroatoms. The summed E-state index contributed by atoms with van der Waals surface area (Å²) in [5.41, 5.74) is 1.22. The predicted molar refractivity (Wildman–Crippen MR) is 56.5 cm³/mol. The van der Waals surface area contributed by atoms with Gasteiger partial charge in [0.05, 0.1) is 12.7 Å². The average Bonchev–Trinajstić information content (AvgIpc) is 2.63. The van der Waals surface area contributed by atoms with Crippen LogP contribution in [0.4, 0.5) is 0 Å². The Morgan fingerprint density at radius 3 is 3.20 bits per heavy atom. The average molecular weight is 210 g/mol. The zero-order valence-corrected chi connectivity index (χ0v) is 9.09. The molecule has 1 aromatic rings. The highest BCUT2D eigenvalue weighted by molar-refractivity contribution is 5.00. The second kappa shape index (κ2) is 4.77. The van der Waals surface area contributed by atoms with Crippen molar-refractivity contribution in [2.24, 2.45) is 13.0 Å². The molecule has 2 unspecified atom stereocenters. The third-order valence-corrected chi connectivity index (χ3v) is 3.13. The van der Waals surface area contributed by atoms with Gasteiger partial charge in [-0.15, -0.1) is 0 Å². The molecule has 2 rings (SSSR count). The van der Waals surface area contributed by atoms with Crippen LogP contribution < -0.4 is 0 Å². The van der Waals surface area contributed by atoms with E-state index in [1.165, 1.54) is 5.69 Å². The van der Waals surface area contributed by atoms with Gasteiger partial charge in [0, 0.05) is 31.5 Å². The molecule has 1 N–H and O–H groups in total. The lowest BCUT2D eigenvalue weighted by atomic mass is 9.93. The van der Waals surface area contributed by atoms with Crippen LogP contribution in [0.1, 0.15) is 18.5 Å². The number of nitrogens with zero attached hydrogens (tertiary/aromatic N) is 2. The highest BCUT2D eigenvalue weighted by Gasteiger charge is 2.23. The fraction of sp³-hybridized carbons (Fsp3) is 0.727. The van der Waals surface area contributed by atoms with Gasteiger partial charge in [0.25, 0.3) is 0 Å². The number of aliphatic hydroxyl groups excluding tert-OH is 1. The smallest absolute Gasteiger partial charge is 0.0612 e. The van der Waals surface area contributed by atoms with Crippen molar-refractivity contribution in [1.82, 2.24) is 9.78 Å². The minimum absolute atomic E-state index is 0.188. The van der Waals surface area contributed by atoms with Crippen LogP contribution in [0.2, 0.25) is 0 Å². The van der Waals surface area contributed by atoms with E-state index in [0.717, 1.165) is 19.3 Å².